The van der Waals surface area contributed by atoms with Crippen molar-refractivity contribution < 1.29 is 91.7 Å². The van der Waals surface area contributed by atoms with Crippen molar-refractivity contribution in [2.45, 2.75) is 223 Å². The number of benzene rings is 3. The Morgan fingerprint density at radius 1 is 0.579 bits per heavy atom. The summed E-state index contributed by atoms with van der Waals surface area (Å²) in [4.78, 5) is 267. The second kappa shape index (κ2) is 48.8. The van der Waals surface area contributed by atoms with E-state index in [2.05, 4.69) is 52.2 Å². The number of para-hydroxylation sites is 1. The van der Waals surface area contributed by atoms with Crippen molar-refractivity contribution in [1.82, 2.24) is 76.7 Å². The van der Waals surface area contributed by atoms with Crippen LogP contribution in [0.4, 0.5) is 0 Å². The SMILES string of the molecule is CCCC[C@H]1C(=O)N2CCC[C@@H]2C(=O)C[C@@H](CCCNC(=N)N)C(=O)N[C@H](C(=O)NCC(N)=O)CSCC(=O)N[C@@H](Cc2ccc(O)cc2)C(=O)N(C)[C@@H](C)C(=O)N[C@@H](CC(N)=O)C(=O)N2CCC[C@H]2C(=O)C[C@@H](Cc2cnc[nH]2)C(=O)C[C@@H](CC(C)C)C(=O)N2CCC[C@H]2C(=O)N[C@@H](Cc2c[nH]c3ccccc23)C(=O)C[C@@H](CO)C(=O)N[C@@H](Cc2csc3ccccc23)C(=O)N1C. The number of hydrogen-bond donors (Lipinski definition) is 15. The lowest BCUT2D eigenvalue weighted by Gasteiger charge is -2.35. The number of thiophene rings is 1. The van der Waals surface area contributed by atoms with Crippen LogP contribution < -0.4 is 54.4 Å². The molecule has 6 aromatic rings. The highest BCUT2D eigenvalue weighted by molar-refractivity contribution is 8.00. The highest BCUT2D eigenvalue weighted by Crippen LogP contribution is 2.34. The Kier molecular flexibility index (Phi) is 37.7. The van der Waals surface area contributed by atoms with Crippen LogP contribution >= 0.6 is 23.1 Å². The molecule has 7 heterocycles. The van der Waals surface area contributed by atoms with Gasteiger partial charge in [0.05, 0.1) is 55.7 Å². The number of aromatic nitrogens is 3. The molecule has 18 N–H and O–H groups in total. The number of H-pyrrole nitrogens is 2. The van der Waals surface area contributed by atoms with Gasteiger partial charge in [-0.05, 0) is 135 Å². The summed E-state index contributed by atoms with van der Waals surface area (Å²) in [5.74, 6) is -19.9. The van der Waals surface area contributed by atoms with Crippen LogP contribution in [0.5, 0.6) is 5.75 Å². The number of ketones is 4. The van der Waals surface area contributed by atoms with E-state index in [1.165, 1.54) is 88.7 Å². The van der Waals surface area contributed by atoms with Gasteiger partial charge in [0.25, 0.3) is 0 Å². The number of thioether (sulfide) groups is 1. The summed E-state index contributed by atoms with van der Waals surface area (Å²) in [6.07, 6.45) is 3.58. The number of Topliss-reactive ketones (excluding diaryl/α,β-unsaturated/α-hetero) is 4. The number of carbonyl (C=O) groups excluding carboxylic acids is 17. The van der Waals surface area contributed by atoms with Crippen LogP contribution in [0.2, 0.25) is 0 Å². The van der Waals surface area contributed by atoms with Gasteiger partial charge in [0.2, 0.25) is 76.8 Å². The maximum absolute atomic E-state index is 15.7. The van der Waals surface area contributed by atoms with Gasteiger partial charge in [0.15, 0.2) is 23.3 Å². The Morgan fingerprint density at radius 3 is 1.82 bits per heavy atom. The molecule has 4 saturated heterocycles. The summed E-state index contributed by atoms with van der Waals surface area (Å²) in [5.41, 5.74) is 19.6. The van der Waals surface area contributed by atoms with Crippen molar-refractivity contribution in [1.29, 1.82) is 5.41 Å². The van der Waals surface area contributed by atoms with E-state index in [-0.39, 0.29) is 115 Å². The molecule has 0 bridgehead atoms. The van der Waals surface area contributed by atoms with E-state index in [1.54, 1.807) is 12.3 Å². The first-order chi connectivity index (χ1) is 63.5. The number of fused-ring (bicyclic) bond motifs is 5. The molecule has 13 amide bonds. The normalized spacial score (nSPS) is 25.0. The Bertz CT molecular complexity index is 5200. The van der Waals surface area contributed by atoms with Gasteiger partial charge in [-0.3, -0.25) is 86.9 Å². The Morgan fingerprint density at radius 2 is 1.17 bits per heavy atom. The Balaban J connectivity index is 1.00. The van der Waals surface area contributed by atoms with E-state index in [9.17, 15) is 48.6 Å². The standard InChI is InChI=1S/C93H125N19O19S2/c1-7-8-21-74-92(131)111-32-15-23-72(111)77(117)39-55(17-13-30-99-93(96)97)84(123)107-70(86(125)101-46-81(95)120)49-132-50-82(121)103-67(35-54-26-28-62(114)29-27-54)89(128)108(5)53(4)83(122)105-69(43-80(94)119)91(130)110-31-14-22-71(110)78(118)40-56(36-61-45-98-51-102-61)75(115)41-57(34-52(2)3)88(127)112-33-16-24-73(112)87(126)104-66(37-58-44-100-65-20-11-9-18-63(58)65)76(116)42-59(47-113)85(124)106-68(90(129)109(74)6)38-60-48-133-79-25-12-10-19-64(60)79/h9-12,18-20,25-29,44-45,48,51-53,55-57,59,66-74,100,113-114H,7-8,13-17,21-24,30-43,46-47,49-50H2,1-6H3,(H2,94,119)(H2,95,120)(H,98,102)(H,101,125)(H,103,121)(H,104,126)(H,105,122)(H,106,124)(H,107,123)(H4,96,97,99)/t53-,55+,56+,57+,59-,66-,67-,68-,69-,70-,71-,72+,73-,74-/m0/s1. The molecule has 4 fully saturated rings. The monoisotopic (exact) mass is 1880 g/mol. The molecule has 40 heteroatoms. The number of unbranched alkanes of at least 4 members (excludes halogenated alkanes) is 1. The average molecular weight is 1880 g/mol. The number of guanidine groups is 1. The predicted molar refractivity (Wildman–Crippen MR) is 495 cm³/mol. The van der Waals surface area contributed by atoms with Crippen LogP contribution in [0.1, 0.15) is 159 Å². The van der Waals surface area contributed by atoms with Crippen molar-refractivity contribution in [2.24, 2.45) is 46.8 Å². The lowest BCUT2D eigenvalue weighted by molar-refractivity contribution is -0.149. The number of phenolic OH excluding ortho intramolecular Hbond substituents is 1. The number of nitrogens with one attached hydrogen (secondary N) is 10. The minimum Gasteiger partial charge on any atom is -0.508 e. The molecular weight excluding hydrogens is 1750 g/mol. The van der Waals surface area contributed by atoms with E-state index in [4.69, 9.17) is 22.6 Å². The van der Waals surface area contributed by atoms with Crippen molar-refractivity contribution in [3.05, 3.63) is 119 Å². The smallest absolute Gasteiger partial charge is 0.246 e. The summed E-state index contributed by atoms with van der Waals surface area (Å²) < 4.78 is 0.854. The van der Waals surface area contributed by atoms with Gasteiger partial charge in [-0.25, -0.2) is 4.98 Å². The van der Waals surface area contributed by atoms with Crippen LogP contribution in [0.25, 0.3) is 21.0 Å². The van der Waals surface area contributed by atoms with Crippen LogP contribution in [0.15, 0.2) is 96.9 Å². The number of aromatic amines is 2. The number of nitrogens with zero attached hydrogens (tertiary/aromatic N) is 6. The zero-order valence-corrected chi connectivity index (χ0v) is 77.6. The van der Waals surface area contributed by atoms with Crippen molar-refractivity contribution in [2.75, 3.05) is 64.9 Å². The first kappa shape index (κ1) is 103. The highest BCUT2D eigenvalue weighted by Gasteiger charge is 2.47. The third kappa shape index (κ3) is 28.1. The van der Waals surface area contributed by atoms with Gasteiger partial charge in [0.1, 0.15) is 53.8 Å². The number of aliphatic hydroxyl groups excluding tert-OH is 1. The fourth-order valence-corrected chi connectivity index (χ4v) is 19.8. The van der Waals surface area contributed by atoms with Gasteiger partial charge in [-0.2, -0.15) is 0 Å². The van der Waals surface area contributed by atoms with Crippen LogP contribution in [-0.2, 0) is 107 Å². The number of likely N-dealkylation sites (N-methyl/N-ethyl adjacent to an activating group) is 2. The van der Waals surface area contributed by atoms with E-state index >= 15 is 43.2 Å². The van der Waals surface area contributed by atoms with Gasteiger partial charge >= 0.3 is 0 Å². The van der Waals surface area contributed by atoms with Gasteiger partial charge < -0.3 is 99.1 Å². The van der Waals surface area contributed by atoms with Crippen molar-refractivity contribution in [3.8, 4) is 5.75 Å². The van der Waals surface area contributed by atoms with Crippen LogP contribution in [0, 0.1) is 35.0 Å². The first-order valence-electron chi connectivity index (χ1n) is 45.4. The number of amides is 13. The average Bonchev–Trinajstić information content (AvgIpc) is 1.71. The van der Waals surface area contributed by atoms with Gasteiger partial charge in [-0.15, -0.1) is 23.1 Å². The second-order valence-electron chi connectivity index (χ2n) is 35.5. The lowest BCUT2D eigenvalue weighted by Crippen LogP contribution is -2.58. The number of carbonyl (C=O) groups is 17. The molecule has 0 unspecified atom stereocenters. The number of aliphatic hydroxyl groups is 1. The molecule has 0 spiro atoms. The Hall–Kier alpha value is -12.5. The van der Waals surface area contributed by atoms with E-state index in [1.807, 2.05) is 68.6 Å². The molecule has 10 rings (SSSR count). The summed E-state index contributed by atoms with van der Waals surface area (Å²) in [5, 5.41) is 51.4. The maximum atomic E-state index is 15.7. The highest BCUT2D eigenvalue weighted by atomic mass is 32.2. The third-order valence-corrected chi connectivity index (χ3v) is 27.3. The number of hydrogen-bond acceptors (Lipinski definition) is 23. The number of primary amides is 2. The van der Waals surface area contributed by atoms with Gasteiger partial charge in [-0.1, -0.05) is 82.1 Å². The number of nitrogens with two attached hydrogens (primary N) is 3. The number of rotatable bonds is 23. The first-order valence-corrected chi connectivity index (χ1v) is 47.5. The summed E-state index contributed by atoms with van der Waals surface area (Å²) in [6, 6.07) is 6.35. The Labute approximate surface area is 779 Å². The molecule has 3 aromatic carbocycles. The van der Waals surface area contributed by atoms with E-state index in [0.717, 1.165) is 26.7 Å². The zero-order chi connectivity index (χ0) is 96.4. The second-order valence-corrected chi connectivity index (χ2v) is 37.4. The number of aromatic hydroxyl groups is 1. The molecule has 14 atom stereocenters. The number of phenols is 1. The number of imidazole rings is 1. The summed E-state index contributed by atoms with van der Waals surface area (Å²) >= 11 is 2.19. The van der Waals surface area contributed by atoms with E-state index < -0.39 is 247 Å². The molecule has 3 aromatic heterocycles. The quantitative estimate of drug-likeness (QED) is 0.0248. The topological polar surface area (TPSA) is 577 Å². The molecule has 133 heavy (non-hydrogen) atoms. The zero-order valence-electron chi connectivity index (χ0n) is 76.0. The van der Waals surface area contributed by atoms with Crippen molar-refractivity contribution in [3.63, 3.8) is 0 Å². The van der Waals surface area contributed by atoms with Crippen LogP contribution in [0.3, 0.4) is 0 Å². The van der Waals surface area contributed by atoms with Crippen molar-refractivity contribution >= 4 is 150 Å². The molecule has 0 saturated carbocycles. The summed E-state index contributed by atoms with van der Waals surface area (Å²) in [6.45, 7) is 5.42. The minimum atomic E-state index is -1.71. The lowest BCUT2D eigenvalue weighted by atomic mass is 9.83. The molecule has 0 aliphatic carbocycles. The third-order valence-electron chi connectivity index (χ3n) is 25.3. The maximum Gasteiger partial charge on any atom is 0.246 e. The minimum absolute atomic E-state index is 0.0406. The predicted octanol–water partition coefficient (Wildman–Crippen LogP) is 2.17. The molecular formula is C93H125N19O19S2. The molecule has 0 radical (unpaired) electrons. The largest absolute Gasteiger partial charge is 0.508 e. The summed E-state index contributed by atoms with van der Waals surface area (Å²) in [7, 11) is 2.66. The van der Waals surface area contributed by atoms with E-state index in [0.29, 0.717) is 59.0 Å². The molecule has 4 aliphatic heterocycles. The fourth-order valence-electron chi connectivity index (χ4n) is 18.0. The molecule has 38 nitrogen and oxygen atoms in total. The molecule has 718 valence electrons. The van der Waals surface area contributed by atoms with Gasteiger partial charge in [0, 0.05) is 142 Å². The molecule has 4 aliphatic rings. The fraction of sp³-hybridized carbons (Fsp3) is 0.538. The van der Waals surface area contributed by atoms with Crippen LogP contribution in [-0.4, -0.2) is 281 Å².